The molecule has 2 aromatic carbocycles. The Labute approximate surface area is 221 Å². The highest BCUT2D eigenvalue weighted by molar-refractivity contribution is 8.00. The molecule has 0 fully saturated rings. The molecule has 0 spiro atoms. The summed E-state index contributed by atoms with van der Waals surface area (Å²) in [4.78, 5) is 28.0. The number of nitrogens with zero attached hydrogens (tertiary/aromatic N) is 3. The van der Waals surface area contributed by atoms with Gasteiger partial charge in [0.25, 0.3) is 0 Å². The molecule has 1 aliphatic heterocycles. The number of fused-ring (bicyclic) bond motifs is 1. The molecule has 0 unspecified atom stereocenters. The zero-order valence-corrected chi connectivity index (χ0v) is 22.7. The number of nitrogens with one attached hydrogen (secondary N) is 1. The summed E-state index contributed by atoms with van der Waals surface area (Å²) >= 11 is 1.36. The number of carbonyl (C=O) groups excluding carboxylic acids is 2. The number of anilines is 1. The lowest BCUT2D eigenvalue weighted by atomic mass is 9.87. The van der Waals surface area contributed by atoms with Crippen LogP contribution in [0.25, 0.3) is 5.69 Å². The highest BCUT2D eigenvalue weighted by atomic mass is 32.2. The van der Waals surface area contributed by atoms with Gasteiger partial charge in [-0.2, -0.15) is 5.10 Å². The predicted molar refractivity (Wildman–Crippen MR) is 145 cm³/mol. The van der Waals surface area contributed by atoms with Gasteiger partial charge in [0.05, 0.1) is 29.0 Å². The quantitative estimate of drug-likeness (QED) is 0.459. The molecular weight excluding hydrogens is 491 g/mol. The number of amides is 2. The number of halogens is 1. The molecule has 1 aliphatic rings. The number of para-hydroxylation sites is 1. The number of methoxy groups -OCH3 is 1. The van der Waals surface area contributed by atoms with E-state index in [2.05, 4.69) is 26.1 Å². The molecule has 7 nitrogen and oxygen atoms in total. The fourth-order valence-electron chi connectivity index (χ4n) is 4.47. The van der Waals surface area contributed by atoms with Crippen LogP contribution in [0.1, 0.15) is 48.4 Å². The van der Waals surface area contributed by atoms with Gasteiger partial charge in [-0.25, -0.2) is 9.07 Å². The van der Waals surface area contributed by atoms with Crippen LogP contribution in [0.3, 0.4) is 0 Å². The van der Waals surface area contributed by atoms with Gasteiger partial charge in [-0.3, -0.25) is 14.5 Å². The van der Waals surface area contributed by atoms with Crippen LogP contribution < -0.4 is 10.2 Å². The number of rotatable bonds is 7. The molecule has 2 heterocycles. The van der Waals surface area contributed by atoms with Gasteiger partial charge >= 0.3 is 0 Å². The van der Waals surface area contributed by atoms with E-state index in [0.29, 0.717) is 24.5 Å². The molecule has 0 saturated carbocycles. The highest BCUT2D eigenvalue weighted by Gasteiger charge is 2.40. The van der Waals surface area contributed by atoms with Crippen LogP contribution in [0.4, 0.5) is 10.2 Å². The largest absolute Gasteiger partial charge is 0.383 e. The summed E-state index contributed by atoms with van der Waals surface area (Å²) in [6, 6.07) is 14.4. The maximum atomic E-state index is 15.2. The van der Waals surface area contributed by atoms with Crippen molar-refractivity contribution in [1.29, 1.82) is 0 Å². The summed E-state index contributed by atoms with van der Waals surface area (Å²) < 4.78 is 22.0. The Morgan fingerprint density at radius 2 is 1.89 bits per heavy atom. The van der Waals surface area contributed by atoms with Gasteiger partial charge in [0.2, 0.25) is 11.8 Å². The van der Waals surface area contributed by atoms with Crippen LogP contribution in [0.2, 0.25) is 0 Å². The van der Waals surface area contributed by atoms with Crippen molar-refractivity contribution in [1.82, 2.24) is 15.1 Å². The number of hydrogen-bond donors (Lipinski definition) is 1. The molecule has 4 rings (SSSR count). The number of carbonyl (C=O) groups is 2. The third-order valence-electron chi connectivity index (χ3n) is 6.26. The van der Waals surface area contributed by atoms with Crippen molar-refractivity contribution >= 4 is 29.4 Å². The Bertz CT molecular complexity index is 1300. The molecule has 0 aliphatic carbocycles. The highest BCUT2D eigenvalue weighted by Crippen LogP contribution is 2.49. The number of aromatic nitrogens is 2. The van der Waals surface area contributed by atoms with Gasteiger partial charge in [-0.05, 0) is 24.6 Å². The van der Waals surface area contributed by atoms with E-state index in [1.54, 1.807) is 30.0 Å². The average Bonchev–Trinajstić information content (AvgIpc) is 3.18. The van der Waals surface area contributed by atoms with Crippen molar-refractivity contribution in [3.8, 4) is 5.69 Å². The molecule has 9 heteroatoms. The third kappa shape index (κ3) is 5.57. The van der Waals surface area contributed by atoms with E-state index in [1.165, 1.54) is 22.7 Å². The van der Waals surface area contributed by atoms with Crippen molar-refractivity contribution in [2.75, 3.05) is 37.5 Å². The van der Waals surface area contributed by atoms with E-state index in [4.69, 9.17) is 9.84 Å². The summed E-state index contributed by atoms with van der Waals surface area (Å²) in [6.07, 6.45) is 0. The average molecular weight is 525 g/mol. The Hall–Kier alpha value is -3.17. The zero-order valence-electron chi connectivity index (χ0n) is 21.9. The lowest BCUT2D eigenvalue weighted by Crippen LogP contribution is -2.43. The first-order valence-electron chi connectivity index (χ1n) is 12.2. The minimum absolute atomic E-state index is 0.0936. The fourth-order valence-corrected chi connectivity index (χ4v) is 5.69. The van der Waals surface area contributed by atoms with Crippen LogP contribution in [0, 0.1) is 12.7 Å². The molecule has 0 saturated heterocycles. The van der Waals surface area contributed by atoms with Crippen molar-refractivity contribution in [3.63, 3.8) is 0 Å². The van der Waals surface area contributed by atoms with Crippen LogP contribution >= 0.6 is 11.8 Å². The zero-order chi connectivity index (χ0) is 26.7. The van der Waals surface area contributed by atoms with Gasteiger partial charge in [-0.1, -0.05) is 57.2 Å². The first kappa shape index (κ1) is 26.9. The maximum absolute atomic E-state index is 15.2. The van der Waals surface area contributed by atoms with E-state index in [9.17, 15) is 9.59 Å². The topological polar surface area (TPSA) is 76.5 Å². The van der Waals surface area contributed by atoms with Crippen LogP contribution in [0.15, 0.2) is 48.5 Å². The second kappa shape index (κ2) is 11.1. The second-order valence-corrected chi connectivity index (χ2v) is 11.2. The van der Waals surface area contributed by atoms with E-state index in [0.717, 1.165) is 22.5 Å². The van der Waals surface area contributed by atoms with Crippen LogP contribution in [0.5, 0.6) is 0 Å². The molecule has 1 aromatic heterocycles. The molecule has 0 radical (unpaired) electrons. The lowest BCUT2D eigenvalue weighted by molar-refractivity contribution is -0.123. The van der Waals surface area contributed by atoms with E-state index in [1.807, 2.05) is 31.2 Å². The minimum Gasteiger partial charge on any atom is -0.383 e. The van der Waals surface area contributed by atoms with E-state index in [-0.39, 0.29) is 29.9 Å². The second-order valence-electron chi connectivity index (χ2n) is 10.1. The smallest absolute Gasteiger partial charge is 0.240 e. The summed E-state index contributed by atoms with van der Waals surface area (Å²) in [6.45, 7) is 8.65. The monoisotopic (exact) mass is 524 g/mol. The van der Waals surface area contributed by atoms with Gasteiger partial charge in [-0.15, -0.1) is 11.8 Å². The molecule has 3 aromatic rings. The first-order valence-corrected chi connectivity index (χ1v) is 13.3. The lowest BCUT2D eigenvalue weighted by Gasteiger charge is -2.25. The molecule has 196 valence electrons. The molecular formula is C28H33FN4O3S. The Morgan fingerprint density at radius 1 is 1.19 bits per heavy atom. The van der Waals surface area contributed by atoms with Crippen molar-refractivity contribution in [2.45, 2.75) is 38.4 Å². The van der Waals surface area contributed by atoms with E-state index >= 15 is 4.39 Å². The normalized spacial score (nSPS) is 15.9. The number of ether oxygens (including phenoxy) is 1. The Morgan fingerprint density at radius 3 is 2.57 bits per heavy atom. The predicted octanol–water partition coefficient (Wildman–Crippen LogP) is 4.55. The number of hydrogen-bond acceptors (Lipinski definition) is 5. The van der Waals surface area contributed by atoms with Gasteiger partial charge in [0, 0.05) is 30.2 Å². The fraction of sp³-hybridized carbons (Fsp3) is 0.393. The molecule has 2 amide bonds. The number of thioether (sulfide) groups is 1. The van der Waals surface area contributed by atoms with Crippen molar-refractivity contribution in [3.05, 3.63) is 76.7 Å². The van der Waals surface area contributed by atoms with Crippen molar-refractivity contribution < 1.29 is 18.7 Å². The van der Waals surface area contributed by atoms with Crippen LogP contribution in [-0.4, -0.2) is 54.2 Å². The van der Waals surface area contributed by atoms with E-state index < -0.39 is 10.7 Å². The standard InChI is InChI=1S/C28H33FN4O3S/c1-18-10-6-9-13-21(18)33-27-24(26(31-33)28(2,3)4)25(19-11-7-8-12-20(19)29)37-17-23(35)32(27)16-22(34)30-14-15-36-5/h6-13,25H,14-17H2,1-5H3,(H,30,34)/t25-/m1/s1. The molecule has 37 heavy (non-hydrogen) atoms. The van der Waals surface area contributed by atoms with Crippen LogP contribution in [-0.2, 0) is 19.7 Å². The van der Waals surface area contributed by atoms with Gasteiger partial charge in [0.1, 0.15) is 18.2 Å². The van der Waals surface area contributed by atoms with Crippen molar-refractivity contribution in [2.24, 2.45) is 0 Å². The first-order chi connectivity index (χ1) is 17.6. The third-order valence-corrected chi connectivity index (χ3v) is 7.50. The Balaban J connectivity index is 1.98. The maximum Gasteiger partial charge on any atom is 0.240 e. The number of benzene rings is 2. The molecule has 1 atom stereocenters. The number of aryl methyl sites for hydroxylation is 1. The van der Waals surface area contributed by atoms with Gasteiger partial charge in [0.15, 0.2) is 0 Å². The minimum atomic E-state index is -0.478. The summed E-state index contributed by atoms with van der Waals surface area (Å²) in [5.74, 6) is -0.282. The Kier molecular flexibility index (Phi) is 8.04. The summed E-state index contributed by atoms with van der Waals surface area (Å²) in [5.41, 5.74) is 3.34. The summed E-state index contributed by atoms with van der Waals surface area (Å²) in [5, 5.41) is 7.37. The molecule has 1 N–H and O–H groups in total. The molecule has 0 bridgehead atoms. The SMILES string of the molecule is COCCNC(=O)CN1C(=O)CS[C@H](c2ccccc2F)c2c(C(C)(C)C)nn(-c3ccccc3C)c21. The summed E-state index contributed by atoms with van der Waals surface area (Å²) in [7, 11) is 1.56. The van der Waals surface area contributed by atoms with Gasteiger partial charge < -0.3 is 10.1 Å².